The molecule has 0 bridgehead atoms. The predicted octanol–water partition coefficient (Wildman–Crippen LogP) is 1.54. The van der Waals surface area contributed by atoms with Gasteiger partial charge in [0.2, 0.25) is 0 Å². The topological polar surface area (TPSA) is 107 Å². The summed E-state index contributed by atoms with van der Waals surface area (Å²) >= 11 is 0.365. The van der Waals surface area contributed by atoms with Gasteiger partial charge in [-0.1, -0.05) is 0 Å². The zero-order valence-corrected chi connectivity index (χ0v) is 15.0. The van der Waals surface area contributed by atoms with Crippen LogP contribution in [0.2, 0.25) is 5.02 Å². The Hall–Kier alpha value is -1.72. The maximum atomic E-state index is 12.0. The first-order valence-electron chi connectivity index (χ1n) is 6.57. The van der Waals surface area contributed by atoms with Crippen LogP contribution in [0.3, 0.4) is 0 Å². The van der Waals surface area contributed by atoms with E-state index in [-0.39, 0.29) is 21.4 Å². The Morgan fingerprint density at radius 2 is 1.78 bits per heavy atom. The Labute approximate surface area is 140 Å². The van der Waals surface area contributed by atoms with Crippen molar-refractivity contribution in [2.45, 2.75) is 13.8 Å². The van der Waals surface area contributed by atoms with Gasteiger partial charge in [0.25, 0.3) is 0 Å². The van der Waals surface area contributed by atoms with Crippen LogP contribution >= 0.6 is 11.6 Å². The van der Waals surface area contributed by atoms with E-state index in [9.17, 15) is 21.8 Å². The van der Waals surface area contributed by atoms with Crippen LogP contribution in [0, 0.1) is 6.92 Å². The first-order valence-corrected chi connectivity index (χ1v) is 10.3. The Morgan fingerprint density at radius 3 is 2.26 bits per heavy atom. The van der Waals surface area contributed by atoms with Gasteiger partial charge in [-0.2, -0.15) is 0 Å². The molecule has 0 spiro atoms. The predicted molar refractivity (Wildman–Crippen MR) is 88.1 cm³/mol. The van der Waals surface area contributed by atoms with Gasteiger partial charge < -0.3 is 0 Å². The van der Waals surface area contributed by atoms with Gasteiger partial charge in [0.1, 0.15) is 0 Å². The molecule has 0 aliphatic heterocycles. The molecule has 2 aromatic rings. The van der Waals surface area contributed by atoms with Gasteiger partial charge in [0.15, 0.2) is 0 Å². The molecule has 2 aromatic carbocycles. The third-order valence-corrected chi connectivity index (χ3v) is 5.66. The van der Waals surface area contributed by atoms with Crippen molar-refractivity contribution in [1.82, 2.24) is 0 Å². The second-order valence-corrected chi connectivity index (χ2v) is 8.70. The first kappa shape index (κ1) is 17.6. The number of halogens is 1. The number of carbonyl (C=O) groups is 1. The Bertz CT molecular complexity index is 814. The molecule has 6 nitrogen and oxygen atoms in total. The SMILES string of the molecule is CC(=O)Nc1c(O)c(C)cc(-c2ccc(Cl)cc2)c1[As](=O)(O)O. The van der Waals surface area contributed by atoms with Gasteiger partial charge in [-0.3, -0.25) is 0 Å². The van der Waals surface area contributed by atoms with E-state index in [0.29, 0.717) is 16.1 Å². The number of aromatic hydroxyl groups is 1. The number of hydrogen-bond donors (Lipinski definition) is 4. The molecule has 1 amide bonds. The van der Waals surface area contributed by atoms with Gasteiger partial charge in [-0.05, 0) is 0 Å². The molecule has 0 atom stereocenters. The van der Waals surface area contributed by atoms with Crippen molar-refractivity contribution in [3.05, 3.63) is 40.9 Å². The fourth-order valence-corrected chi connectivity index (χ4v) is 4.39. The van der Waals surface area contributed by atoms with Crippen LogP contribution in [0.15, 0.2) is 30.3 Å². The second kappa shape index (κ2) is 6.41. The average Bonchev–Trinajstić information content (AvgIpc) is 2.42. The third kappa shape index (κ3) is 3.79. The standard InChI is InChI=1S/C15H15AsClNO5/c1-8-7-12(10-3-5-11(17)6-4-10)13(16(21,22)23)14(15(8)20)18-9(2)19/h3-7,20H,1-2H3,(H,18,19)(H2,21,22,23). The van der Waals surface area contributed by atoms with Gasteiger partial charge in [0, 0.05) is 0 Å². The number of nitrogens with one attached hydrogen (secondary N) is 1. The Kier molecular flexibility index (Phi) is 4.92. The van der Waals surface area contributed by atoms with Crippen LogP contribution in [0.4, 0.5) is 5.69 Å². The summed E-state index contributed by atoms with van der Waals surface area (Å²) in [7, 11) is 0. The average molecular weight is 400 g/mol. The number of anilines is 1. The maximum absolute atomic E-state index is 12.0. The number of aryl methyl sites for hydroxylation is 1. The van der Waals surface area contributed by atoms with Gasteiger partial charge in [-0.15, -0.1) is 0 Å². The molecule has 8 heteroatoms. The Balaban J connectivity index is 2.85. The summed E-state index contributed by atoms with van der Waals surface area (Å²) < 4.78 is 31.2. The summed E-state index contributed by atoms with van der Waals surface area (Å²) in [6.07, 6.45) is 0. The quantitative estimate of drug-likeness (QED) is 0.463. The molecule has 0 radical (unpaired) electrons. The monoisotopic (exact) mass is 399 g/mol. The number of phenols is 1. The molecule has 4 N–H and O–H groups in total. The van der Waals surface area contributed by atoms with Crippen LogP contribution < -0.4 is 9.67 Å². The molecule has 0 aromatic heterocycles. The van der Waals surface area contributed by atoms with Crippen molar-refractivity contribution in [2.24, 2.45) is 0 Å². The van der Waals surface area contributed by atoms with Crippen molar-refractivity contribution in [1.29, 1.82) is 0 Å². The van der Waals surface area contributed by atoms with E-state index in [2.05, 4.69) is 5.32 Å². The van der Waals surface area contributed by atoms with E-state index in [1.165, 1.54) is 13.0 Å². The van der Waals surface area contributed by atoms with Crippen molar-refractivity contribution < 1.29 is 21.8 Å². The number of phenolic OH excluding ortho intramolecular Hbond substituents is 1. The molecular weight excluding hydrogens is 385 g/mol. The first-order chi connectivity index (χ1) is 10.6. The fraction of sp³-hybridized carbons (Fsp3) is 0.133. The van der Waals surface area contributed by atoms with E-state index < -0.39 is 20.1 Å². The summed E-state index contributed by atoms with van der Waals surface area (Å²) in [4.78, 5) is 11.4. The van der Waals surface area contributed by atoms with Crippen LogP contribution in [0.25, 0.3) is 11.1 Å². The fourth-order valence-electron chi connectivity index (χ4n) is 2.24. The van der Waals surface area contributed by atoms with Crippen molar-refractivity contribution in [3.63, 3.8) is 0 Å². The third-order valence-electron chi connectivity index (χ3n) is 3.21. The number of amides is 1. The summed E-state index contributed by atoms with van der Waals surface area (Å²) in [5.74, 6) is -0.907. The van der Waals surface area contributed by atoms with Crippen molar-refractivity contribution in [2.75, 3.05) is 5.32 Å². The molecule has 0 saturated carbocycles. The van der Waals surface area contributed by atoms with Crippen molar-refractivity contribution >= 4 is 41.7 Å². The number of benzene rings is 2. The van der Waals surface area contributed by atoms with Gasteiger partial charge in [0.05, 0.1) is 0 Å². The minimum absolute atomic E-state index is 0.244. The van der Waals surface area contributed by atoms with Crippen molar-refractivity contribution in [3.8, 4) is 16.9 Å². The van der Waals surface area contributed by atoms with E-state index in [1.807, 2.05) is 0 Å². The summed E-state index contributed by atoms with van der Waals surface area (Å²) in [5, 5.41) is 12.9. The van der Waals surface area contributed by atoms with E-state index >= 15 is 0 Å². The zero-order chi connectivity index (χ0) is 17.4. The van der Waals surface area contributed by atoms with Crippen LogP contribution in [-0.4, -0.2) is 33.4 Å². The summed E-state index contributed by atoms with van der Waals surface area (Å²) in [6, 6.07) is 7.88. The van der Waals surface area contributed by atoms with E-state index in [4.69, 9.17) is 11.6 Å². The molecule has 0 saturated heterocycles. The second-order valence-electron chi connectivity index (χ2n) is 5.05. The van der Waals surface area contributed by atoms with E-state index in [1.54, 1.807) is 31.2 Å². The molecule has 2 rings (SSSR count). The Morgan fingerprint density at radius 1 is 1.22 bits per heavy atom. The summed E-state index contributed by atoms with van der Waals surface area (Å²) in [6.45, 7) is 2.77. The molecule has 0 fully saturated rings. The molecule has 0 aliphatic rings. The number of rotatable bonds is 3. The molecular formula is C15H15AsClNO5. The molecule has 0 unspecified atom stereocenters. The number of carbonyl (C=O) groups excluding carboxylic acids is 1. The van der Waals surface area contributed by atoms with Gasteiger partial charge in [-0.25, -0.2) is 0 Å². The van der Waals surface area contributed by atoms with Crippen LogP contribution in [-0.2, 0) is 8.53 Å². The van der Waals surface area contributed by atoms with Crippen LogP contribution in [0.1, 0.15) is 12.5 Å². The van der Waals surface area contributed by atoms with Crippen LogP contribution in [0.5, 0.6) is 5.75 Å². The van der Waals surface area contributed by atoms with Gasteiger partial charge >= 0.3 is 141 Å². The normalized spacial score (nSPS) is 11.3. The summed E-state index contributed by atoms with van der Waals surface area (Å²) in [5.41, 5.74) is 0.887. The van der Waals surface area contributed by atoms with E-state index in [0.717, 1.165) is 0 Å². The molecule has 0 heterocycles. The minimum atomic E-state index is -5.47. The number of hydrogen-bond acceptors (Lipinski definition) is 3. The molecule has 0 aliphatic carbocycles. The molecule has 122 valence electrons. The zero-order valence-electron chi connectivity index (χ0n) is 12.4. The molecule has 23 heavy (non-hydrogen) atoms.